The van der Waals surface area contributed by atoms with Gasteiger partial charge in [0.15, 0.2) is 0 Å². The number of nitrogens with two attached hydrogens (primary N) is 1. The maximum atomic E-state index is 12.7. The first-order chi connectivity index (χ1) is 9.82. The molecule has 0 aliphatic rings. The van der Waals surface area contributed by atoms with E-state index in [0.717, 1.165) is 22.2 Å². The van der Waals surface area contributed by atoms with Gasteiger partial charge in [0.05, 0.1) is 5.69 Å². The van der Waals surface area contributed by atoms with Gasteiger partial charge in [-0.05, 0) is 37.8 Å². The first kappa shape index (κ1) is 15.8. The normalized spacial score (nSPS) is 12.9. The van der Waals surface area contributed by atoms with Crippen molar-refractivity contribution < 1.29 is 4.79 Å². The number of aryl methyl sites for hydroxylation is 1. The molecule has 2 heterocycles. The molecule has 2 aromatic heterocycles. The van der Waals surface area contributed by atoms with Gasteiger partial charge in [0.2, 0.25) is 0 Å². The first-order valence-electron chi connectivity index (χ1n) is 7.23. The molecule has 0 saturated heterocycles. The lowest BCUT2D eigenvalue weighted by atomic mass is 10.0. The molecule has 0 radical (unpaired) electrons. The van der Waals surface area contributed by atoms with Crippen LogP contribution in [0.25, 0.3) is 10.2 Å². The molecule has 2 aromatic rings. The van der Waals surface area contributed by atoms with Gasteiger partial charge in [-0.3, -0.25) is 4.79 Å². The number of nitrogen functional groups attached to an aromatic ring is 1. The predicted octanol–water partition coefficient (Wildman–Crippen LogP) is 3.69. The summed E-state index contributed by atoms with van der Waals surface area (Å²) in [7, 11) is 1.85. The molecule has 0 aromatic carbocycles. The standard InChI is InChI=1S/C16H23N3OS/c1-9(2)8-11(4)19(5)16(20)14-13(17)12-10(3)6-7-18-15(12)21-14/h6-7,9,11H,8,17H2,1-5H3. The number of nitrogens with zero attached hydrogens (tertiary/aromatic N) is 2. The molecule has 21 heavy (non-hydrogen) atoms. The van der Waals surface area contributed by atoms with Gasteiger partial charge in [0.1, 0.15) is 9.71 Å². The van der Waals surface area contributed by atoms with Crippen LogP contribution in [0.15, 0.2) is 12.3 Å². The van der Waals surface area contributed by atoms with Crippen molar-refractivity contribution >= 4 is 33.1 Å². The predicted molar refractivity (Wildman–Crippen MR) is 89.8 cm³/mol. The highest BCUT2D eigenvalue weighted by atomic mass is 32.1. The fraction of sp³-hybridized carbons (Fsp3) is 0.500. The van der Waals surface area contributed by atoms with Crippen LogP contribution in [0.1, 0.15) is 42.4 Å². The Morgan fingerprint density at radius 2 is 2.10 bits per heavy atom. The van der Waals surface area contributed by atoms with Crippen molar-refractivity contribution in [3.05, 3.63) is 22.7 Å². The minimum absolute atomic E-state index is 0.0111. The minimum atomic E-state index is -0.0111. The van der Waals surface area contributed by atoms with Gasteiger partial charge in [-0.25, -0.2) is 4.98 Å². The lowest BCUT2D eigenvalue weighted by molar-refractivity contribution is 0.0734. The van der Waals surface area contributed by atoms with Crippen LogP contribution in [0, 0.1) is 12.8 Å². The largest absolute Gasteiger partial charge is 0.397 e. The van der Waals surface area contributed by atoms with E-state index >= 15 is 0 Å². The fourth-order valence-corrected chi connectivity index (χ4v) is 3.69. The Morgan fingerprint density at radius 1 is 1.43 bits per heavy atom. The molecule has 114 valence electrons. The zero-order valence-corrected chi connectivity index (χ0v) is 14.1. The first-order valence-corrected chi connectivity index (χ1v) is 8.05. The van der Waals surface area contributed by atoms with Crippen molar-refractivity contribution in [2.24, 2.45) is 5.92 Å². The molecule has 4 nitrogen and oxygen atoms in total. The number of carbonyl (C=O) groups excluding carboxylic acids is 1. The van der Waals surface area contributed by atoms with Crippen molar-refractivity contribution in [3.8, 4) is 0 Å². The lowest BCUT2D eigenvalue weighted by Gasteiger charge is -2.26. The van der Waals surface area contributed by atoms with Crippen LogP contribution in [-0.2, 0) is 0 Å². The smallest absolute Gasteiger partial charge is 0.266 e. The quantitative estimate of drug-likeness (QED) is 0.937. The maximum Gasteiger partial charge on any atom is 0.266 e. The van der Waals surface area contributed by atoms with Crippen molar-refractivity contribution in [3.63, 3.8) is 0 Å². The highest BCUT2D eigenvalue weighted by Crippen LogP contribution is 2.35. The van der Waals surface area contributed by atoms with Gasteiger partial charge in [0.25, 0.3) is 5.91 Å². The molecule has 0 saturated carbocycles. The van der Waals surface area contributed by atoms with Crippen molar-refractivity contribution in [2.45, 2.75) is 40.2 Å². The molecule has 0 spiro atoms. The number of pyridine rings is 1. The summed E-state index contributed by atoms with van der Waals surface area (Å²) < 4.78 is 0. The average molecular weight is 305 g/mol. The van der Waals surface area contributed by atoms with E-state index in [4.69, 9.17) is 5.73 Å². The number of hydrogen-bond acceptors (Lipinski definition) is 4. The van der Waals surface area contributed by atoms with Gasteiger partial charge >= 0.3 is 0 Å². The van der Waals surface area contributed by atoms with Crippen LogP contribution in [0.2, 0.25) is 0 Å². The van der Waals surface area contributed by atoms with Crippen LogP contribution < -0.4 is 5.73 Å². The Balaban J connectivity index is 2.36. The van der Waals surface area contributed by atoms with Crippen LogP contribution in [0.5, 0.6) is 0 Å². The number of amides is 1. The van der Waals surface area contributed by atoms with Crippen LogP contribution in [0.4, 0.5) is 5.69 Å². The molecule has 0 bridgehead atoms. The monoisotopic (exact) mass is 305 g/mol. The second-order valence-electron chi connectivity index (χ2n) is 6.05. The summed E-state index contributed by atoms with van der Waals surface area (Å²) in [4.78, 5) is 20.2. The summed E-state index contributed by atoms with van der Waals surface area (Å²) in [6.45, 7) is 8.39. The molecule has 0 aliphatic heterocycles. The lowest BCUT2D eigenvalue weighted by Crippen LogP contribution is -2.35. The summed E-state index contributed by atoms with van der Waals surface area (Å²) in [6.07, 6.45) is 2.73. The zero-order valence-electron chi connectivity index (χ0n) is 13.3. The van der Waals surface area contributed by atoms with E-state index in [1.165, 1.54) is 11.3 Å². The molecule has 1 unspecified atom stereocenters. The third kappa shape index (κ3) is 3.02. The third-order valence-corrected chi connectivity index (χ3v) is 4.93. The van der Waals surface area contributed by atoms with E-state index in [0.29, 0.717) is 16.5 Å². The average Bonchev–Trinajstić information content (AvgIpc) is 2.75. The van der Waals surface area contributed by atoms with Crippen LogP contribution >= 0.6 is 11.3 Å². The minimum Gasteiger partial charge on any atom is -0.397 e. The Labute approximate surface area is 130 Å². The fourth-order valence-electron chi connectivity index (χ4n) is 2.56. The van der Waals surface area contributed by atoms with Crippen molar-refractivity contribution in [1.29, 1.82) is 0 Å². The van der Waals surface area contributed by atoms with Gasteiger partial charge in [-0.15, -0.1) is 11.3 Å². The summed E-state index contributed by atoms with van der Waals surface area (Å²) in [5.74, 6) is 0.543. The Hall–Kier alpha value is -1.62. The second-order valence-corrected chi connectivity index (χ2v) is 7.05. The highest BCUT2D eigenvalue weighted by Gasteiger charge is 2.24. The SMILES string of the molecule is Cc1ccnc2sc(C(=O)N(C)C(C)CC(C)C)c(N)c12. The van der Waals surface area contributed by atoms with Crippen molar-refractivity contribution in [2.75, 3.05) is 12.8 Å². The topological polar surface area (TPSA) is 59.2 Å². The van der Waals surface area contributed by atoms with E-state index in [2.05, 4.69) is 25.8 Å². The van der Waals surface area contributed by atoms with E-state index in [1.54, 1.807) is 11.1 Å². The van der Waals surface area contributed by atoms with E-state index in [1.807, 2.05) is 20.0 Å². The Morgan fingerprint density at radius 3 is 2.67 bits per heavy atom. The molecule has 2 N–H and O–H groups in total. The number of aromatic nitrogens is 1. The molecule has 0 fully saturated rings. The number of hydrogen-bond donors (Lipinski definition) is 1. The summed E-state index contributed by atoms with van der Waals surface area (Å²) in [6, 6.07) is 2.11. The molecule has 1 amide bonds. The number of rotatable bonds is 4. The molecule has 2 rings (SSSR count). The van der Waals surface area contributed by atoms with Crippen LogP contribution in [0.3, 0.4) is 0 Å². The van der Waals surface area contributed by atoms with E-state index in [-0.39, 0.29) is 11.9 Å². The van der Waals surface area contributed by atoms with Crippen molar-refractivity contribution in [1.82, 2.24) is 9.88 Å². The number of carbonyl (C=O) groups is 1. The summed E-state index contributed by atoms with van der Waals surface area (Å²) in [5.41, 5.74) is 7.83. The second kappa shape index (κ2) is 6.02. The van der Waals surface area contributed by atoms with Gasteiger partial charge in [-0.2, -0.15) is 0 Å². The van der Waals surface area contributed by atoms with Gasteiger partial charge in [-0.1, -0.05) is 13.8 Å². The maximum absolute atomic E-state index is 12.7. The van der Waals surface area contributed by atoms with Gasteiger partial charge in [0, 0.05) is 24.7 Å². The molecule has 0 aliphatic carbocycles. The number of thiophene rings is 1. The van der Waals surface area contributed by atoms with E-state index < -0.39 is 0 Å². The molecule has 1 atom stereocenters. The summed E-state index contributed by atoms with van der Waals surface area (Å²) in [5, 5.41) is 0.913. The van der Waals surface area contributed by atoms with Gasteiger partial charge < -0.3 is 10.6 Å². The zero-order chi connectivity index (χ0) is 15.7. The molecular weight excluding hydrogens is 282 g/mol. The van der Waals surface area contributed by atoms with Crippen LogP contribution in [-0.4, -0.2) is 28.9 Å². The third-order valence-electron chi connectivity index (χ3n) is 3.83. The molecule has 5 heteroatoms. The summed E-state index contributed by atoms with van der Waals surface area (Å²) >= 11 is 1.38. The Kier molecular flexibility index (Phi) is 4.52. The van der Waals surface area contributed by atoms with E-state index in [9.17, 15) is 4.79 Å². The highest BCUT2D eigenvalue weighted by molar-refractivity contribution is 7.21. The molecular formula is C16H23N3OS. The Bertz CT molecular complexity index is 663. The number of anilines is 1. The number of fused-ring (bicyclic) bond motifs is 1.